The molecule has 1 atom stereocenters. The van der Waals surface area contributed by atoms with Crippen molar-refractivity contribution in [2.24, 2.45) is 0 Å². The number of ether oxygens (including phenoxy) is 3. The topological polar surface area (TPSA) is 77.1 Å². The van der Waals surface area contributed by atoms with Gasteiger partial charge in [0.2, 0.25) is 12.7 Å². The van der Waals surface area contributed by atoms with Crippen LogP contribution in [0.5, 0.6) is 17.2 Å². The van der Waals surface area contributed by atoms with Crippen molar-refractivity contribution in [1.82, 2.24) is 10.2 Å². The van der Waals surface area contributed by atoms with Crippen LogP contribution < -0.4 is 19.5 Å². The summed E-state index contributed by atoms with van der Waals surface area (Å²) >= 11 is 0. The monoisotopic (exact) mass is 508 g/mol. The fourth-order valence-electron chi connectivity index (χ4n) is 4.29. The number of rotatable bonds is 10. The van der Waals surface area contributed by atoms with Gasteiger partial charge < -0.3 is 24.4 Å². The molecule has 1 N–H and O–H groups in total. The predicted molar refractivity (Wildman–Crippen MR) is 143 cm³/mol. The van der Waals surface area contributed by atoms with Crippen LogP contribution in [0, 0.1) is 0 Å². The maximum atomic E-state index is 13.8. The zero-order valence-corrected chi connectivity index (χ0v) is 20.8. The second kappa shape index (κ2) is 12.0. The Labute approximate surface area is 221 Å². The molecule has 2 amide bonds. The van der Waals surface area contributed by atoms with Gasteiger partial charge in [-0.05, 0) is 41.0 Å². The minimum absolute atomic E-state index is 0.183. The van der Waals surface area contributed by atoms with Crippen LogP contribution in [0.25, 0.3) is 0 Å². The average Bonchev–Trinajstić information content (AvgIpc) is 3.44. The van der Waals surface area contributed by atoms with E-state index in [0.717, 1.165) is 11.1 Å². The number of amides is 2. The van der Waals surface area contributed by atoms with Gasteiger partial charge in [0, 0.05) is 13.1 Å². The second-order valence-corrected chi connectivity index (χ2v) is 8.83. The van der Waals surface area contributed by atoms with Crippen molar-refractivity contribution >= 4 is 11.8 Å². The van der Waals surface area contributed by atoms with Gasteiger partial charge in [0.15, 0.2) is 18.1 Å². The van der Waals surface area contributed by atoms with Crippen molar-refractivity contribution in [3.8, 4) is 17.2 Å². The van der Waals surface area contributed by atoms with Gasteiger partial charge in [-0.1, -0.05) is 84.9 Å². The molecule has 0 saturated heterocycles. The number of para-hydroxylation sites is 1. The molecule has 0 aromatic heterocycles. The van der Waals surface area contributed by atoms with Gasteiger partial charge in [-0.3, -0.25) is 9.59 Å². The van der Waals surface area contributed by atoms with Crippen LogP contribution in [0.3, 0.4) is 0 Å². The van der Waals surface area contributed by atoms with E-state index in [-0.39, 0.29) is 38.3 Å². The van der Waals surface area contributed by atoms with E-state index >= 15 is 0 Å². The fraction of sp³-hybridized carbons (Fsp3) is 0.161. The lowest BCUT2D eigenvalue weighted by molar-refractivity contribution is -0.143. The highest BCUT2D eigenvalue weighted by Gasteiger charge is 2.32. The number of fused-ring (bicyclic) bond motifs is 1. The first kappa shape index (κ1) is 24.9. The smallest absolute Gasteiger partial charge is 0.261 e. The first-order valence-electron chi connectivity index (χ1n) is 12.4. The number of nitrogens with zero attached hydrogens (tertiary/aromatic N) is 1. The number of hydrogen-bond acceptors (Lipinski definition) is 5. The lowest BCUT2D eigenvalue weighted by Gasteiger charge is -2.31. The Balaban J connectivity index is 1.40. The minimum atomic E-state index is -0.864. The van der Waals surface area contributed by atoms with E-state index in [0.29, 0.717) is 22.8 Å². The number of carbonyl (C=O) groups is 2. The van der Waals surface area contributed by atoms with Gasteiger partial charge in [0.1, 0.15) is 11.8 Å². The van der Waals surface area contributed by atoms with Crippen LogP contribution in [0.15, 0.2) is 109 Å². The van der Waals surface area contributed by atoms with Crippen LogP contribution in [0.4, 0.5) is 0 Å². The first-order valence-corrected chi connectivity index (χ1v) is 12.4. The van der Waals surface area contributed by atoms with Crippen molar-refractivity contribution < 1.29 is 23.8 Å². The summed E-state index contributed by atoms with van der Waals surface area (Å²) in [6.07, 6.45) is 0. The second-order valence-electron chi connectivity index (χ2n) is 8.83. The zero-order chi connectivity index (χ0) is 26.2. The van der Waals surface area contributed by atoms with E-state index in [4.69, 9.17) is 14.2 Å². The summed E-state index contributed by atoms with van der Waals surface area (Å²) in [5.41, 5.74) is 2.48. The van der Waals surface area contributed by atoms with Crippen molar-refractivity contribution in [2.45, 2.75) is 19.1 Å². The van der Waals surface area contributed by atoms with Gasteiger partial charge in [-0.2, -0.15) is 0 Å². The average molecular weight is 509 g/mol. The standard InChI is InChI=1S/C31H28N2O5/c34-29(21-36-26-14-8-3-9-15-26)33(20-23-10-4-1-5-11-23)30(25-12-6-2-7-13-25)31(35)32-19-24-16-17-27-28(18-24)38-22-37-27/h1-18,30H,19-22H2,(H,32,35)/t30-/m1/s1. The molecule has 1 aliphatic heterocycles. The summed E-state index contributed by atoms with van der Waals surface area (Å²) < 4.78 is 16.6. The van der Waals surface area contributed by atoms with E-state index in [9.17, 15) is 9.59 Å². The minimum Gasteiger partial charge on any atom is -0.484 e. The molecule has 1 aliphatic rings. The molecule has 4 aromatic carbocycles. The van der Waals surface area contributed by atoms with Gasteiger partial charge in [-0.25, -0.2) is 0 Å². The Morgan fingerprint density at radius 3 is 2.18 bits per heavy atom. The molecule has 38 heavy (non-hydrogen) atoms. The molecule has 7 heteroatoms. The largest absolute Gasteiger partial charge is 0.484 e. The maximum Gasteiger partial charge on any atom is 0.261 e. The van der Waals surface area contributed by atoms with Crippen LogP contribution >= 0.6 is 0 Å². The van der Waals surface area contributed by atoms with Crippen LogP contribution in [-0.4, -0.2) is 30.1 Å². The van der Waals surface area contributed by atoms with Crippen molar-refractivity contribution in [3.63, 3.8) is 0 Å². The Bertz CT molecular complexity index is 1360. The Morgan fingerprint density at radius 2 is 1.45 bits per heavy atom. The highest BCUT2D eigenvalue weighted by molar-refractivity contribution is 5.89. The third-order valence-corrected chi connectivity index (χ3v) is 6.20. The lowest BCUT2D eigenvalue weighted by atomic mass is 10.0. The zero-order valence-electron chi connectivity index (χ0n) is 20.8. The van der Waals surface area contributed by atoms with E-state index in [2.05, 4.69) is 5.32 Å². The molecule has 0 radical (unpaired) electrons. The molecule has 5 rings (SSSR count). The molecule has 0 aliphatic carbocycles. The molecule has 4 aromatic rings. The SMILES string of the molecule is O=C(NCc1ccc2c(c1)OCO2)[C@@H](c1ccccc1)N(Cc1ccccc1)C(=O)COc1ccccc1. The third kappa shape index (κ3) is 6.13. The molecule has 0 unspecified atom stereocenters. The van der Waals surface area contributed by atoms with Gasteiger partial charge in [0.05, 0.1) is 0 Å². The summed E-state index contributed by atoms with van der Waals surface area (Å²) in [7, 11) is 0. The van der Waals surface area contributed by atoms with E-state index < -0.39 is 6.04 Å². The molecular weight excluding hydrogens is 480 g/mol. The van der Waals surface area contributed by atoms with Crippen molar-refractivity contribution in [2.75, 3.05) is 13.4 Å². The van der Waals surface area contributed by atoms with Crippen molar-refractivity contribution in [3.05, 3.63) is 126 Å². The Kier molecular flexibility index (Phi) is 7.84. The quantitative estimate of drug-likeness (QED) is 0.330. The number of hydrogen-bond donors (Lipinski definition) is 1. The molecule has 7 nitrogen and oxygen atoms in total. The lowest BCUT2D eigenvalue weighted by Crippen LogP contribution is -2.45. The predicted octanol–water partition coefficient (Wildman–Crippen LogP) is 4.88. The Morgan fingerprint density at radius 1 is 0.789 bits per heavy atom. The number of carbonyl (C=O) groups excluding carboxylic acids is 2. The molecule has 0 spiro atoms. The molecule has 0 saturated carbocycles. The number of benzene rings is 4. The molecule has 1 heterocycles. The molecule has 0 bridgehead atoms. The fourth-order valence-corrected chi connectivity index (χ4v) is 4.29. The summed E-state index contributed by atoms with van der Waals surface area (Å²) in [4.78, 5) is 29.0. The van der Waals surface area contributed by atoms with Crippen LogP contribution in [0.1, 0.15) is 22.7 Å². The summed E-state index contributed by atoms with van der Waals surface area (Å²) in [6.45, 7) is 0.500. The van der Waals surface area contributed by atoms with Crippen LogP contribution in [-0.2, 0) is 22.7 Å². The molecular formula is C31H28N2O5. The van der Waals surface area contributed by atoms with E-state index in [1.54, 1.807) is 17.0 Å². The Hall–Kier alpha value is -4.78. The van der Waals surface area contributed by atoms with Gasteiger partial charge in [-0.15, -0.1) is 0 Å². The number of nitrogens with one attached hydrogen (secondary N) is 1. The van der Waals surface area contributed by atoms with Crippen molar-refractivity contribution in [1.29, 1.82) is 0 Å². The highest BCUT2D eigenvalue weighted by Crippen LogP contribution is 2.32. The van der Waals surface area contributed by atoms with Gasteiger partial charge >= 0.3 is 0 Å². The van der Waals surface area contributed by atoms with E-state index in [1.165, 1.54) is 0 Å². The van der Waals surface area contributed by atoms with Gasteiger partial charge in [0.25, 0.3) is 5.91 Å². The first-order chi connectivity index (χ1) is 18.7. The normalized spacial score (nSPS) is 12.4. The summed E-state index contributed by atoms with van der Waals surface area (Å²) in [6, 6.07) is 32.8. The molecule has 192 valence electrons. The molecule has 0 fully saturated rings. The maximum absolute atomic E-state index is 13.8. The third-order valence-electron chi connectivity index (χ3n) is 6.20. The summed E-state index contributed by atoms with van der Waals surface area (Å²) in [5.74, 6) is 1.32. The highest BCUT2D eigenvalue weighted by atomic mass is 16.7. The summed E-state index contributed by atoms with van der Waals surface area (Å²) in [5, 5.41) is 3.01. The van der Waals surface area contributed by atoms with E-state index in [1.807, 2.05) is 97.1 Å². The van der Waals surface area contributed by atoms with Crippen LogP contribution in [0.2, 0.25) is 0 Å².